The second-order valence-corrected chi connectivity index (χ2v) is 6.19. The summed E-state index contributed by atoms with van der Waals surface area (Å²) in [5, 5.41) is 6.03. The third kappa shape index (κ3) is 7.31. The Hall–Kier alpha value is -1.80. The Morgan fingerprint density at radius 2 is 2.20 bits per heavy atom. The van der Waals surface area contributed by atoms with Crippen molar-refractivity contribution in [3.63, 3.8) is 0 Å². The van der Waals surface area contributed by atoms with Crippen LogP contribution in [0.25, 0.3) is 0 Å². The monoisotopic (exact) mass is 359 g/mol. The molecule has 1 amide bonds. The second-order valence-electron chi connectivity index (χ2n) is 6.19. The average molecular weight is 359 g/mol. The molecule has 0 radical (unpaired) electrons. The van der Waals surface area contributed by atoms with Gasteiger partial charge in [0.15, 0.2) is 6.61 Å². The van der Waals surface area contributed by atoms with Gasteiger partial charge in [0.25, 0.3) is 0 Å². The van der Waals surface area contributed by atoms with E-state index in [0.717, 1.165) is 25.9 Å². The van der Waals surface area contributed by atoms with Gasteiger partial charge in [-0.1, -0.05) is 12.1 Å². The standard InChI is InChI=1S/C17H24F3N3O2/c1-21-14-5-3-7-23(10-14)11-16(24)22-9-13-4-2-6-15(8-13)25-12-17(18,19)20/h2,4,6,8,14,21H,3,5,7,9-12H2,1H3,(H,22,24). The van der Waals surface area contributed by atoms with E-state index in [4.69, 9.17) is 4.74 Å². The lowest BCUT2D eigenvalue weighted by molar-refractivity contribution is -0.153. The highest BCUT2D eigenvalue weighted by Crippen LogP contribution is 2.19. The fourth-order valence-corrected chi connectivity index (χ4v) is 2.80. The van der Waals surface area contributed by atoms with E-state index >= 15 is 0 Å². The SMILES string of the molecule is CNC1CCCN(CC(=O)NCc2cccc(OCC(F)(F)F)c2)C1. The number of ether oxygens (including phenoxy) is 1. The van der Waals surface area contributed by atoms with Crippen molar-refractivity contribution in [2.45, 2.75) is 31.6 Å². The summed E-state index contributed by atoms with van der Waals surface area (Å²) >= 11 is 0. The van der Waals surface area contributed by atoms with E-state index in [1.165, 1.54) is 12.1 Å². The molecule has 1 heterocycles. The van der Waals surface area contributed by atoms with Crippen LogP contribution in [0.1, 0.15) is 18.4 Å². The van der Waals surface area contributed by atoms with E-state index in [-0.39, 0.29) is 18.2 Å². The lowest BCUT2D eigenvalue weighted by Crippen LogP contribution is -2.47. The molecule has 1 unspecified atom stereocenters. The topological polar surface area (TPSA) is 53.6 Å². The van der Waals surface area contributed by atoms with Gasteiger partial charge in [-0.2, -0.15) is 13.2 Å². The highest BCUT2D eigenvalue weighted by Gasteiger charge is 2.28. The van der Waals surface area contributed by atoms with Crippen LogP contribution in [-0.2, 0) is 11.3 Å². The molecule has 5 nitrogen and oxygen atoms in total. The molecule has 1 aromatic carbocycles. The molecule has 1 atom stereocenters. The van der Waals surface area contributed by atoms with E-state index in [9.17, 15) is 18.0 Å². The van der Waals surface area contributed by atoms with Gasteiger partial charge in [-0.25, -0.2) is 0 Å². The molecule has 8 heteroatoms. The summed E-state index contributed by atoms with van der Waals surface area (Å²) in [6.07, 6.45) is -2.21. The molecule has 0 spiro atoms. The van der Waals surface area contributed by atoms with Crippen molar-refractivity contribution in [3.05, 3.63) is 29.8 Å². The van der Waals surface area contributed by atoms with E-state index < -0.39 is 12.8 Å². The van der Waals surface area contributed by atoms with Crippen molar-refractivity contribution in [1.29, 1.82) is 0 Å². The van der Waals surface area contributed by atoms with Crippen molar-refractivity contribution in [1.82, 2.24) is 15.5 Å². The molecule has 25 heavy (non-hydrogen) atoms. The predicted octanol–water partition coefficient (Wildman–Crippen LogP) is 1.93. The van der Waals surface area contributed by atoms with Crippen LogP contribution in [0.5, 0.6) is 5.75 Å². The highest BCUT2D eigenvalue weighted by atomic mass is 19.4. The molecule has 1 saturated heterocycles. The Bertz CT molecular complexity index is 566. The van der Waals surface area contributed by atoms with Crippen LogP contribution in [0.15, 0.2) is 24.3 Å². The summed E-state index contributed by atoms with van der Waals surface area (Å²) in [6.45, 7) is 0.981. The van der Waals surface area contributed by atoms with Crippen molar-refractivity contribution >= 4 is 5.91 Å². The largest absolute Gasteiger partial charge is 0.484 e. The predicted molar refractivity (Wildman–Crippen MR) is 88.4 cm³/mol. The molecule has 1 aliphatic rings. The van der Waals surface area contributed by atoms with Gasteiger partial charge >= 0.3 is 6.18 Å². The fraction of sp³-hybridized carbons (Fsp3) is 0.588. The summed E-state index contributed by atoms with van der Waals surface area (Å²) in [6, 6.07) is 6.71. The molecule has 140 valence electrons. The minimum absolute atomic E-state index is 0.0987. The lowest BCUT2D eigenvalue weighted by atomic mass is 10.1. The maximum atomic E-state index is 12.2. The first-order valence-electron chi connectivity index (χ1n) is 8.30. The average Bonchev–Trinajstić information content (AvgIpc) is 2.58. The third-order valence-corrected chi connectivity index (χ3v) is 4.07. The molecule has 0 saturated carbocycles. The summed E-state index contributed by atoms with van der Waals surface area (Å²) < 4.78 is 41.3. The molecule has 1 fully saturated rings. The zero-order valence-corrected chi connectivity index (χ0v) is 14.2. The normalized spacial score (nSPS) is 18.8. The van der Waals surface area contributed by atoms with Gasteiger partial charge in [0.1, 0.15) is 5.75 Å². The van der Waals surface area contributed by atoms with E-state index in [1.807, 2.05) is 7.05 Å². The molecule has 2 N–H and O–H groups in total. The number of likely N-dealkylation sites (tertiary alicyclic amines) is 1. The number of piperidine rings is 1. The number of benzene rings is 1. The Kier molecular flexibility index (Phi) is 7.07. The van der Waals surface area contributed by atoms with Crippen molar-refractivity contribution < 1.29 is 22.7 Å². The molecule has 1 aliphatic heterocycles. The van der Waals surface area contributed by atoms with Crippen LogP contribution in [0, 0.1) is 0 Å². The van der Waals surface area contributed by atoms with Crippen LogP contribution in [0.3, 0.4) is 0 Å². The molecule has 0 bridgehead atoms. The fourth-order valence-electron chi connectivity index (χ4n) is 2.80. The summed E-state index contributed by atoms with van der Waals surface area (Å²) in [7, 11) is 1.92. The quantitative estimate of drug-likeness (QED) is 0.781. The summed E-state index contributed by atoms with van der Waals surface area (Å²) in [4.78, 5) is 14.2. The van der Waals surface area contributed by atoms with Gasteiger partial charge in [0, 0.05) is 19.1 Å². The first-order valence-corrected chi connectivity index (χ1v) is 8.30. The van der Waals surface area contributed by atoms with Gasteiger partial charge in [-0.05, 0) is 44.1 Å². The number of carbonyl (C=O) groups is 1. The van der Waals surface area contributed by atoms with Crippen LogP contribution in [0.4, 0.5) is 13.2 Å². The van der Waals surface area contributed by atoms with Gasteiger partial charge in [-0.3, -0.25) is 9.69 Å². The van der Waals surface area contributed by atoms with E-state index in [2.05, 4.69) is 15.5 Å². The van der Waals surface area contributed by atoms with Crippen LogP contribution in [-0.4, -0.2) is 56.3 Å². The first-order chi connectivity index (χ1) is 11.9. The van der Waals surface area contributed by atoms with Crippen LogP contribution >= 0.6 is 0 Å². The Labute approximate surface area is 145 Å². The maximum Gasteiger partial charge on any atom is 0.422 e. The summed E-state index contributed by atoms with van der Waals surface area (Å²) in [5.74, 6) is 0.0373. The Morgan fingerprint density at radius 3 is 2.92 bits per heavy atom. The molecule has 0 aromatic heterocycles. The number of likely N-dealkylation sites (N-methyl/N-ethyl adjacent to an activating group) is 1. The minimum atomic E-state index is -4.37. The Balaban J connectivity index is 1.77. The zero-order chi connectivity index (χ0) is 18.3. The third-order valence-electron chi connectivity index (χ3n) is 4.07. The van der Waals surface area contributed by atoms with Crippen LogP contribution < -0.4 is 15.4 Å². The minimum Gasteiger partial charge on any atom is -0.484 e. The number of hydrogen-bond donors (Lipinski definition) is 2. The smallest absolute Gasteiger partial charge is 0.422 e. The molecule has 2 rings (SSSR count). The zero-order valence-electron chi connectivity index (χ0n) is 14.2. The van der Waals surface area contributed by atoms with Gasteiger partial charge in [0.2, 0.25) is 5.91 Å². The number of nitrogens with one attached hydrogen (secondary N) is 2. The summed E-state index contributed by atoms with van der Waals surface area (Å²) in [5.41, 5.74) is 0.694. The lowest BCUT2D eigenvalue weighted by Gasteiger charge is -2.31. The van der Waals surface area contributed by atoms with Gasteiger partial charge < -0.3 is 15.4 Å². The van der Waals surface area contributed by atoms with Crippen molar-refractivity contribution in [3.8, 4) is 5.75 Å². The number of amides is 1. The number of carbonyl (C=O) groups excluding carboxylic acids is 1. The molecular weight excluding hydrogens is 335 g/mol. The highest BCUT2D eigenvalue weighted by molar-refractivity contribution is 5.78. The number of hydrogen-bond acceptors (Lipinski definition) is 4. The van der Waals surface area contributed by atoms with E-state index in [0.29, 0.717) is 18.2 Å². The molecular formula is C17H24F3N3O2. The van der Waals surface area contributed by atoms with E-state index in [1.54, 1.807) is 12.1 Å². The van der Waals surface area contributed by atoms with Gasteiger partial charge in [-0.15, -0.1) is 0 Å². The maximum absolute atomic E-state index is 12.2. The van der Waals surface area contributed by atoms with Crippen molar-refractivity contribution in [2.75, 3.05) is 33.3 Å². The number of rotatable bonds is 7. The number of nitrogens with zero attached hydrogens (tertiary/aromatic N) is 1. The Morgan fingerprint density at radius 1 is 1.40 bits per heavy atom. The molecule has 0 aliphatic carbocycles. The van der Waals surface area contributed by atoms with Gasteiger partial charge in [0.05, 0.1) is 6.54 Å². The molecule has 1 aromatic rings. The first kappa shape index (κ1) is 19.5. The number of halogens is 3. The number of alkyl halides is 3. The van der Waals surface area contributed by atoms with Crippen molar-refractivity contribution in [2.24, 2.45) is 0 Å². The van der Waals surface area contributed by atoms with Crippen LogP contribution in [0.2, 0.25) is 0 Å². The second kappa shape index (κ2) is 9.05.